The zero-order chi connectivity index (χ0) is 12.3. The first kappa shape index (κ1) is 13.4. The second kappa shape index (κ2) is 8.50. The minimum Gasteiger partial charge on any atom is -0.463 e. The van der Waals surface area contributed by atoms with E-state index in [9.17, 15) is 4.79 Å². The Morgan fingerprint density at radius 2 is 2.12 bits per heavy atom. The van der Waals surface area contributed by atoms with Crippen LogP contribution in [0.1, 0.15) is 12.5 Å². The Hall–Kier alpha value is -1.65. The fraction of sp³-hybridized carbons (Fsp3) is 0.308. The van der Waals surface area contributed by atoms with Gasteiger partial charge in [-0.3, -0.25) is 4.84 Å². The monoisotopic (exact) mass is 235 g/mol. The third-order valence-electron chi connectivity index (χ3n) is 1.93. The van der Waals surface area contributed by atoms with E-state index in [2.05, 4.69) is 5.48 Å². The van der Waals surface area contributed by atoms with Crippen LogP contribution >= 0.6 is 0 Å². The number of esters is 1. The van der Waals surface area contributed by atoms with Gasteiger partial charge in [0, 0.05) is 12.6 Å². The van der Waals surface area contributed by atoms with Gasteiger partial charge in [-0.1, -0.05) is 36.4 Å². The molecule has 0 spiro atoms. The van der Waals surface area contributed by atoms with Gasteiger partial charge in [-0.2, -0.15) is 5.48 Å². The highest BCUT2D eigenvalue weighted by atomic mass is 16.6. The maximum Gasteiger partial charge on any atom is 0.330 e. The molecule has 0 bridgehead atoms. The first-order chi connectivity index (χ1) is 8.33. The molecule has 0 fully saturated rings. The van der Waals surface area contributed by atoms with Gasteiger partial charge in [0.2, 0.25) is 0 Å². The maximum atomic E-state index is 10.9. The third kappa shape index (κ3) is 6.50. The van der Waals surface area contributed by atoms with Crippen molar-refractivity contribution >= 4 is 5.97 Å². The molecule has 92 valence electrons. The van der Waals surface area contributed by atoms with E-state index < -0.39 is 0 Å². The number of ether oxygens (including phenoxy) is 1. The number of benzene rings is 1. The van der Waals surface area contributed by atoms with Crippen LogP contribution in [0.5, 0.6) is 0 Å². The van der Waals surface area contributed by atoms with E-state index in [-0.39, 0.29) is 5.97 Å². The Labute approximate surface area is 101 Å². The number of rotatable bonds is 7. The number of hydrogen-bond donors (Lipinski definition) is 1. The number of carbonyl (C=O) groups excluding carboxylic acids is 1. The molecule has 1 aromatic carbocycles. The summed E-state index contributed by atoms with van der Waals surface area (Å²) in [6, 6.07) is 9.84. The number of nitrogens with one attached hydrogen (secondary N) is 1. The molecule has 1 N–H and O–H groups in total. The van der Waals surface area contributed by atoms with E-state index in [0.29, 0.717) is 19.8 Å². The molecule has 0 aliphatic carbocycles. The summed E-state index contributed by atoms with van der Waals surface area (Å²) < 4.78 is 4.72. The largest absolute Gasteiger partial charge is 0.463 e. The second-order valence-electron chi connectivity index (χ2n) is 3.28. The lowest BCUT2D eigenvalue weighted by atomic mass is 10.2. The molecule has 0 amide bonds. The summed E-state index contributed by atoms with van der Waals surface area (Å²) in [4.78, 5) is 16.1. The molecule has 4 nitrogen and oxygen atoms in total. The first-order valence-electron chi connectivity index (χ1n) is 5.54. The Kier molecular flexibility index (Phi) is 6.70. The molecule has 0 aliphatic rings. The highest BCUT2D eigenvalue weighted by Gasteiger charge is 1.92. The zero-order valence-corrected chi connectivity index (χ0v) is 9.89. The van der Waals surface area contributed by atoms with E-state index in [0.717, 1.165) is 5.56 Å². The van der Waals surface area contributed by atoms with Gasteiger partial charge in [0.1, 0.15) is 0 Å². The van der Waals surface area contributed by atoms with Gasteiger partial charge < -0.3 is 4.74 Å². The van der Waals surface area contributed by atoms with Gasteiger partial charge in [-0.25, -0.2) is 4.79 Å². The average Bonchev–Trinajstić information content (AvgIpc) is 2.35. The SMILES string of the molecule is CCOC(=O)/C=C/CNOCc1ccccc1. The van der Waals surface area contributed by atoms with E-state index in [4.69, 9.17) is 9.57 Å². The Balaban J connectivity index is 2.07. The Morgan fingerprint density at radius 1 is 1.35 bits per heavy atom. The lowest BCUT2D eigenvalue weighted by Crippen LogP contribution is -2.14. The zero-order valence-electron chi connectivity index (χ0n) is 9.89. The van der Waals surface area contributed by atoms with E-state index in [1.807, 2.05) is 30.3 Å². The number of hydroxylamine groups is 1. The molecule has 0 saturated carbocycles. The van der Waals surface area contributed by atoms with Crippen molar-refractivity contribution in [2.45, 2.75) is 13.5 Å². The molecule has 0 heterocycles. The molecule has 1 rings (SSSR count). The fourth-order valence-electron chi connectivity index (χ4n) is 1.16. The number of carbonyl (C=O) groups is 1. The van der Waals surface area contributed by atoms with Crippen molar-refractivity contribution in [1.29, 1.82) is 0 Å². The van der Waals surface area contributed by atoms with Crippen molar-refractivity contribution in [1.82, 2.24) is 5.48 Å². The molecular formula is C13H17NO3. The minimum atomic E-state index is -0.336. The summed E-state index contributed by atoms with van der Waals surface area (Å²) in [5.41, 5.74) is 3.83. The molecule has 0 atom stereocenters. The van der Waals surface area contributed by atoms with Gasteiger partial charge in [-0.05, 0) is 12.5 Å². The van der Waals surface area contributed by atoms with Crippen LogP contribution in [0.4, 0.5) is 0 Å². The molecule has 4 heteroatoms. The molecule has 0 saturated heterocycles. The van der Waals surface area contributed by atoms with Crippen LogP contribution < -0.4 is 5.48 Å². The minimum absolute atomic E-state index is 0.336. The Bertz CT molecular complexity index is 349. The lowest BCUT2D eigenvalue weighted by molar-refractivity contribution is -0.137. The van der Waals surface area contributed by atoms with Gasteiger partial charge >= 0.3 is 5.97 Å². The van der Waals surface area contributed by atoms with Crippen LogP contribution in [0.3, 0.4) is 0 Å². The molecule has 0 radical (unpaired) electrons. The molecule has 0 aromatic heterocycles. The smallest absolute Gasteiger partial charge is 0.330 e. The van der Waals surface area contributed by atoms with Gasteiger partial charge in [0.15, 0.2) is 0 Å². The molecule has 1 aromatic rings. The highest BCUT2D eigenvalue weighted by molar-refractivity contribution is 5.81. The lowest BCUT2D eigenvalue weighted by Gasteiger charge is -2.03. The van der Waals surface area contributed by atoms with Crippen LogP contribution in [0.2, 0.25) is 0 Å². The highest BCUT2D eigenvalue weighted by Crippen LogP contribution is 1.98. The Morgan fingerprint density at radius 3 is 2.82 bits per heavy atom. The second-order valence-corrected chi connectivity index (χ2v) is 3.28. The number of hydrogen-bond acceptors (Lipinski definition) is 4. The first-order valence-corrected chi connectivity index (χ1v) is 5.54. The van der Waals surface area contributed by atoms with Crippen LogP contribution in [-0.2, 0) is 21.0 Å². The van der Waals surface area contributed by atoms with E-state index in [1.54, 1.807) is 13.0 Å². The van der Waals surface area contributed by atoms with Crippen LogP contribution in [0.15, 0.2) is 42.5 Å². The average molecular weight is 235 g/mol. The van der Waals surface area contributed by atoms with Crippen molar-refractivity contribution in [2.24, 2.45) is 0 Å². The molecule has 0 unspecified atom stereocenters. The summed E-state index contributed by atoms with van der Waals surface area (Å²) in [5.74, 6) is -0.336. The van der Waals surface area contributed by atoms with E-state index >= 15 is 0 Å². The summed E-state index contributed by atoms with van der Waals surface area (Å²) >= 11 is 0. The van der Waals surface area contributed by atoms with Crippen LogP contribution in [-0.4, -0.2) is 19.1 Å². The summed E-state index contributed by atoms with van der Waals surface area (Å²) in [5, 5.41) is 0. The van der Waals surface area contributed by atoms with Gasteiger partial charge in [0.25, 0.3) is 0 Å². The summed E-state index contributed by atoms with van der Waals surface area (Å²) in [6.45, 7) is 3.12. The van der Waals surface area contributed by atoms with Crippen molar-refractivity contribution < 1.29 is 14.4 Å². The predicted octanol–water partition coefficient (Wildman–Crippen LogP) is 1.83. The van der Waals surface area contributed by atoms with E-state index in [1.165, 1.54) is 6.08 Å². The maximum absolute atomic E-state index is 10.9. The summed E-state index contributed by atoms with van der Waals surface area (Å²) in [6.07, 6.45) is 3.03. The normalized spacial score (nSPS) is 10.6. The fourth-order valence-corrected chi connectivity index (χ4v) is 1.16. The standard InChI is InChI=1S/C13H17NO3/c1-2-16-13(15)9-6-10-14-17-11-12-7-4-3-5-8-12/h3-9,14H,2,10-11H2,1H3/b9-6+. The third-order valence-corrected chi connectivity index (χ3v) is 1.93. The van der Waals surface area contributed by atoms with Crippen molar-refractivity contribution in [3.8, 4) is 0 Å². The molecule has 0 aliphatic heterocycles. The molecular weight excluding hydrogens is 218 g/mol. The van der Waals surface area contributed by atoms with Crippen molar-refractivity contribution in [3.63, 3.8) is 0 Å². The topological polar surface area (TPSA) is 47.6 Å². The quantitative estimate of drug-likeness (QED) is 0.339. The van der Waals surface area contributed by atoms with Crippen molar-refractivity contribution in [3.05, 3.63) is 48.0 Å². The summed E-state index contributed by atoms with van der Waals surface area (Å²) in [7, 11) is 0. The molecule has 17 heavy (non-hydrogen) atoms. The predicted molar refractivity (Wildman–Crippen MR) is 65.0 cm³/mol. The van der Waals surface area contributed by atoms with Crippen LogP contribution in [0, 0.1) is 0 Å². The van der Waals surface area contributed by atoms with Crippen LogP contribution in [0.25, 0.3) is 0 Å². The van der Waals surface area contributed by atoms with Crippen molar-refractivity contribution in [2.75, 3.05) is 13.2 Å². The van der Waals surface area contributed by atoms with Gasteiger partial charge in [-0.15, -0.1) is 0 Å². The van der Waals surface area contributed by atoms with Gasteiger partial charge in [0.05, 0.1) is 13.2 Å².